The van der Waals surface area contributed by atoms with Crippen molar-refractivity contribution in [3.8, 4) is 5.88 Å². The Kier molecular flexibility index (Phi) is 10.2. The van der Waals surface area contributed by atoms with E-state index in [-0.39, 0.29) is 6.09 Å². The smallest absolute Gasteiger partial charge is 0.421 e. The van der Waals surface area contributed by atoms with Crippen LogP contribution >= 0.6 is 0 Å². The molecule has 1 aromatic heterocycles. The summed E-state index contributed by atoms with van der Waals surface area (Å²) in [7, 11) is 0. The number of hydrogen-bond acceptors (Lipinski definition) is 5. The van der Waals surface area contributed by atoms with Gasteiger partial charge < -0.3 is 19.5 Å². The van der Waals surface area contributed by atoms with Crippen molar-refractivity contribution in [3.63, 3.8) is 0 Å². The Morgan fingerprint density at radius 1 is 1.08 bits per heavy atom. The fraction of sp³-hybridized carbons (Fsp3) is 0.536. The van der Waals surface area contributed by atoms with Crippen LogP contribution in [0.4, 0.5) is 18.0 Å². The lowest BCUT2D eigenvalue weighted by atomic mass is 9.88. The van der Waals surface area contributed by atoms with E-state index in [0.29, 0.717) is 5.92 Å². The van der Waals surface area contributed by atoms with E-state index in [2.05, 4.69) is 36.2 Å². The third-order valence-electron chi connectivity index (χ3n) is 5.93. The van der Waals surface area contributed by atoms with Crippen LogP contribution < -0.4 is 4.74 Å². The fourth-order valence-corrected chi connectivity index (χ4v) is 3.80. The number of benzene rings is 1. The number of rotatable bonds is 5. The second-order valence-corrected chi connectivity index (χ2v) is 11.0. The molecule has 3 rings (SSSR count). The second kappa shape index (κ2) is 12.5. The first-order chi connectivity index (χ1) is 17.5. The van der Waals surface area contributed by atoms with E-state index in [4.69, 9.17) is 14.6 Å². The van der Waals surface area contributed by atoms with Crippen molar-refractivity contribution in [1.29, 1.82) is 0 Å². The Bertz CT molecular complexity index is 1100. The van der Waals surface area contributed by atoms with Gasteiger partial charge in [-0.3, -0.25) is 4.79 Å². The minimum Gasteiger partial charge on any atom is -0.481 e. The van der Waals surface area contributed by atoms with Crippen LogP contribution in [0.25, 0.3) is 0 Å². The molecule has 0 aliphatic carbocycles. The highest BCUT2D eigenvalue weighted by atomic mass is 19.4. The molecule has 1 atom stereocenters. The summed E-state index contributed by atoms with van der Waals surface area (Å²) in [6.45, 7) is 11.7. The molecule has 2 aromatic rings. The monoisotopic (exact) mass is 538 g/mol. The molecule has 0 bridgehead atoms. The summed E-state index contributed by atoms with van der Waals surface area (Å²) in [4.78, 5) is 28.3. The number of carboxylic acids is 1. The van der Waals surface area contributed by atoms with E-state index in [1.165, 1.54) is 25.0 Å². The first kappa shape index (κ1) is 30.9. The predicted molar refractivity (Wildman–Crippen MR) is 137 cm³/mol. The average molecular weight is 539 g/mol. The lowest BCUT2D eigenvalue weighted by molar-refractivity contribution is -0.148. The maximum Gasteiger partial charge on any atom is 0.421 e. The number of aromatic nitrogens is 1. The number of aliphatic carboxylic acids is 1. The van der Waals surface area contributed by atoms with Gasteiger partial charge in [0.15, 0.2) is 0 Å². The summed E-state index contributed by atoms with van der Waals surface area (Å²) in [5, 5.41) is 8.83. The van der Waals surface area contributed by atoms with E-state index in [0.717, 1.165) is 44.3 Å². The van der Waals surface area contributed by atoms with Crippen LogP contribution in [0.5, 0.6) is 5.88 Å². The highest BCUT2D eigenvalue weighted by Crippen LogP contribution is 2.35. The molecular weight excluding hydrogens is 501 g/mol. The minimum atomic E-state index is -4.59. The highest BCUT2D eigenvalue weighted by molar-refractivity contribution is 5.73. The Morgan fingerprint density at radius 3 is 2.32 bits per heavy atom. The molecule has 1 saturated heterocycles. The van der Waals surface area contributed by atoms with Gasteiger partial charge in [-0.25, -0.2) is 9.78 Å². The molecule has 1 aliphatic rings. The molecule has 210 valence electrons. The van der Waals surface area contributed by atoms with Gasteiger partial charge in [-0.2, -0.15) is 13.2 Å². The number of carbonyl (C=O) groups excluding carboxylic acids is 1. The predicted octanol–water partition coefficient (Wildman–Crippen LogP) is 6.70. The Balaban J connectivity index is 0.000000269. The third-order valence-corrected chi connectivity index (χ3v) is 5.93. The molecule has 2 heterocycles. The molecule has 10 heteroatoms. The zero-order valence-electron chi connectivity index (χ0n) is 22.8. The number of pyridine rings is 1. The van der Waals surface area contributed by atoms with Gasteiger partial charge in [0.1, 0.15) is 17.8 Å². The summed E-state index contributed by atoms with van der Waals surface area (Å²) in [5.41, 5.74) is -0.0666. The van der Waals surface area contributed by atoms with Crippen LogP contribution in [0, 0.1) is 12.3 Å². The second-order valence-electron chi connectivity index (χ2n) is 11.0. The molecule has 1 amide bonds. The maximum atomic E-state index is 12.6. The average Bonchev–Trinajstić information content (AvgIpc) is 2.82. The molecule has 0 radical (unpaired) electrons. The third kappa shape index (κ3) is 9.22. The molecule has 38 heavy (non-hydrogen) atoms. The number of alkyl halides is 3. The number of ether oxygens (including phenoxy) is 2. The molecule has 1 unspecified atom stereocenters. The van der Waals surface area contributed by atoms with Crippen molar-refractivity contribution in [3.05, 3.63) is 59.3 Å². The number of aryl methyl sites for hydroxylation is 1. The number of piperidine rings is 1. The van der Waals surface area contributed by atoms with Crippen LogP contribution in [0.15, 0.2) is 42.6 Å². The SMILES string of the molecule is CC(C)(COc1ncccc1C(F)(F)F)C(=O)O.Cc1ccccc1C1CCCN(C(=O)OC(C)(C)C)C1. The van der Waals surface area contributed by atoms with Crippen molar-refractivity contribution >= 4 is 12.1 Å². The van der Waals surface area contributed by atoms with E-state index < -0.39 is 41.2 Å². The number of likely N-dealkylation sites (tertiary alicyclic amines) is 1. The van der Waals surface area contributed by atoms with Crippen molar-refractivity contribution in [2.75, 3.05) is 19.7 Å². The summed E-state index contributed by atoms with van der Waals surface area (Å²) in [5.74, 6) is -1.34. The van der Waals surface area contributed by atoms with Gasteiger partial charge in [0.05, 0.1) is 5.41 Å². The van der Waals surface area contributed by atoms with Crippen LogP contribution in [0.3, 0.4) is 0 Å². The number of nitrogens with zero attached hydrogens (tertiary/aromatic N) is 2. The molecule has 1 aromatic carbocycles. The van der Waals surface area contributed by atoms with Crippen molar-refractivity contribution < 1.29 is 37.3 Å². The Labute approximate surface area is 222 Å². The summed E-state index contributed by atoms with van der Waals surface area (Å²) in [6, 6.07) is 10.4. The summed E-state index contributed by atoms with van der Waals surface area (Å²) in [6.07, 6.45) is -1.44. The molecule has 0 saturated carbocycles. The largest absolute Gasteiger partial charge is 0.481 e. The Hall–Kier alpha value is -3.30. The lowest BCUT2D eigenvalue weighted by Crippen LogP contribution is -2.42. The van der Waals surface area contributed by atoms with Gasteiger partial charge >= 0.3 is 18.2 Å². The van der Waals surface area contributed by atoms with Crippen molar-refractivity contribution in [2.24, 2.45) is 5.41 Å². The van der Waals surface area contributed by atoms with E-state index in [9.17, 15) is 22.8 Å². The van der Waals surface area contributed by atoms with Gasteiger partial charge in [-0.05, 0) is 77.6 Å². The highest BCUT2D eigenvalue weighted by Gasteiger charge is 2.36. The minimum absolute atomic E-state index is 0.184. The van der Waals surface area contributed by atoms with Crippen LogP contribution in [0.1, 0.15) is 70.1 Å². The number of halogens is 3. The molecule has 1 aliphatic heterocycles. The lowest BCUT2D eigenvalue weighted by Gasteiger charge is -2.34. The molecular formula is C28H37F3N2O5. The number of amides is 1. The number of carbonyl (C=O) groups is 2. The number of hydrogen-bond donors (Lipinski definition) is 1. The number of carboxylic acid groups (broad SMARTS) is 1. The van der Waals surface area contributed by atoms with Crippen molar-refractivity contribution in [1.82, 2.24) is 9.88 Å². The fourth-order valence-electron chi connectivity index (χ4n) is 3.80. The first-order valence-electron chi connectivity index (χ1n) is 12.4. The van der Waals surface area contributed by atoms with Crippen LogP contribution in [0.2, 0.25) is 0 Å². The Morgan fingerprint density at radius 2 is 1.74 bits per heavy atom. The first-order valence-corrected chi connectivity index (χ1v) is 12.4. The van der Waals surface area contributed by atoms with E-state index in [1.54, 1.807) is 0 Å². The van der Waals surface area contributed by atoms with E-state index in [1.807, 2.05) is 25.7 Å². The summed E-state index contributed by atoms with van der Waals surface area (Å²) >= 11 is 0. The molecule has 1 fully saturated rings. The maximum absolute atomic E-state index is 12.6. The van der Waals surface area contributed by atoms with Gasteiger partial charge in [0, 0.05) is 25.2 Å². The summed E-state index contributed by atoms with van der Waals surface area (Å²) < 4.78 is 48.1. The van der Waals surface area contributed by atoms with Gasteiger partial charge in [0.2, 0.25) is 5.88 Å². The molecule has 1 N–H and O–H groups in total. The standard InChI is InChI=1S/C17H25NO2.C11H12F3NO3/c1-13-8-5-6-10-15(13)14-9-7-11-18(12-14)16(19)20-17(2,3)4;1-10(2,9(16)17)6-18-8-7(11(12,13)14)4-3-5-15-8/h5-6,8,10,14H,7,9,11-12H2,1-4H3;3-5H,6H2,1-2H3,(H,16,17). The van der Waals surface area contributed by atoms with Gasteiger partial charge in [0.25, 0.3) is 0 Å². The van der Waals surface area contributed by atoms with E-state index >= 15 is 0 Å². The normalized spacial score (nSPS) is 16.2. The quantitative estimate of drug-likeness (QED) is 0.456. The topological polar surface area (TPSA) is 89.0 Å². The van der Waals surface area contributed by atoms with Crippen LogP contribution in [-0.2, 0) is 15.7 Å². The zero-order chi connectivity index (χ0) is 28.7. The molecule has 0 spiro atoms. The van der Waals surface area contributed by atoms with Gasteiger partial charge in [-0.1, -0.05) is 24.3 Å². The molecule has 7 nitrogen and oxygen atoms in total. The van der Waals surface area contributed by atoms with Gasteiger partial charge in [-0.15, -0.1) is 0 Å². The van der Waals surface area contributed by atoms with Crippen molar-refractivity contribution in [2.45, 2.75) is 72.1 Å². The zero-order valence-corrected chi connectivity index (χ0v) is 22.8. The van der Waals surface area contributed by atoms with Crippen LogP contribution in [-0.4, -0.2) is 52.4 Å².